The highest BCUT2D eigenvalue weighted by Gasteiger charge is 2.32. The molecule has 0 saturated carbocycles. The summed E-state index contributed by atoms with van der Waals surface area (Å²) in [5.74, 6) is 0.404. The van der Waals surface area contributed by atoms with Crippen LogP contribution in [0.2, 0.25) is 0 Å². The highest BCUT2D eigenvalue weighted by molar-refractivity contribution is 5.94. The van der Waals surface area contributed by atoms with Crippen LogP contribution in [0, 0.1) is 18.8 Å². The molecule has 1 aromatic rings. The summed E-state index contributed by atoms with van der Waals surface area (Å²) < 4.78 is 0. The molecule has 0 aromatic heterocycles. The van der Waals surface area contributed by atoms with Crippen LogP contribution in [0.1, 0.15) is 49.0 Å². The van der Waals surface area contributed by atoms with E-state index >= 15 is 0 Å². The summed E-state index contributed by atoms with van der Waals surface area (Å²) in [6.07, 6.45) is 2.27. The first kappa shape index (κ1) is 21.3. The SMILES string of the molecule is Cc1cccc(C(=O)N2CCCN(C(=O)C3CCN(C(=O)C(C)C)CC3)CC2)c1. The van der Waals surface area contributed by atoms with Crippen molar-refractivity contribution in [2.45, 2.75) is 40.0 Å². The van der Waals surface area contributed by atoms with Crippen molar-refractivity contribution in [2.24, 2.45) is 11.8 Å². The number of hydrogen-bond donors (Lipinski definition) is 0. The summed E-state index contributed by atoms with van der Waals surface area (Å²) in [7, 11) is 0. The first-order valence-electron chi connectivity index (χ1n) is 10.8. The summed E-state index contributed by atoms with van der Waals surface area (Å²) in [5.41, 5.74) is 1.79. The van der Waals surface area contributed by atoms with Gasteiger partial charge in [-0.3, -0.25) is 14.4 Å². The zero-order valence-electron chi connectivity index (χ0n) is 17.9. The largest absolute Gasteiger partial charge is 0.342 e. The summed E-state index contributed by atoms with van der Waals surface area (Å²) in [6, 6.07) is 7.67. The lowest BCUT2D eigenvalue weighted by molar-refractivity contribution is -0.142. The summed E-state index contributed by atoms with van der Waals surface area (Å²) >= 11 is 0. The third-order valence-electron chi connectivity index (χ3n) is 6.01. The van der Waals surface area contributed by atoms with E-state index in [4.69, 9.17) is 0 Å². The monoisotopic (exact) mass is 399 g/mol. The molecule has 3 rings (SSSR count). The fraction of sp³-hybridized carbons (Fsp3) is 0.609. The zero-order valence-corrected chi connectivity index (χ0v) is 17.9. The van der Waals surface area contributed by atoms with Crippen molar-refractivity contribution in [3.63, 3.8) is 0 Å². The Hall–Kier alpha value is -2.37. The fourth-order valence-electron chi connectivity index (χ4n) is 4.27. The van der Waals surface area contributed by atoms with Crippen molar-refractivity contribution in [3.05, 3.63) is 35.4 Å². The van der Waals surface area contributed by atoms with Gasteiger partial charge in [-0.05, 0) is 38.3 Å². The normalized spacial score (nSPS) is 18.7. The lowest BCUT2D eigenvalue weighted by Crippen LogP contribution is -2.46. The molecule has 2 fully saturated rings. The average molecular weight is 400 g/mol. The molecule has 6 nitrogen and oxygen atoms in total. The fourth-order valence-corrected chi connectivity index (χ4v) is 4.27. The highest BCUT2D eigenvalue weighted by atomic mass is 16.2. The van der Waals surface area contributed by atoms with Crippen molar-refractivity contribution >= 4 is 17.7 Å². The highest BCUT2D eigenvalue weighted by Crippen LogP contribution is 2.22. The van der Waals surface area contributed by atoms with Crippen LogP contribution < -0.4 is 0 Å². The average Bonchev–Trinajstić information content (AvgIpc) is 2.98. The maximum atomic E-state index is 13.0. The molecule has 0 spiro atoms. The standard InChI is InChI=1S/C23H33N3O3/c1-17(2)21(27)26-12-8-19(9-13-26)22(28)24-10-5-11-25(15-14-24)23(29)20-7-4-6-18(3)16-20/h4,6-7,16-17,19H,5,8-15H2,1-3H3. The Bertz CT molecular complexity index is 753. The van der Waals surface area contributed by atoms with Gasteiger partial charge < -0.3 is 14.7 Å². The minimum Gasteiger partial charge on any atom is -0.342 e. The number of benzene rings is 1. The lowest BCUT2D eigenvalue weighted by Gasteiger charge is -2.34. The summed E-state index contributed by atoms with van der Waals surface area (Å²) in [4.78, 5) is 43.7. The number of amides is 3. The predicted octanol–water partition coefficient (Wildman–Crippen LogP) is 2.56. The molecule has 2 heterocycles. The second kappa shape index (κ2) is 9.42. The Kier molecular flexibility index (Phi) is 6.93. The molecule has 0 aliphatic carbocycles. The molecule has 6 heteroatoms. The van der Waals surface area contributed by atoms with Crippen molar-refractivity contribution in [1.29, 1.82) is 0 Å². The van der Waals surface area contributed by atoms with E-state index in [0.29, 0.717) is 44.8 Å². The zero-order chi connectivity index (χ0) is 21.0. The molecule has 0 atom stereocenters. The molecule has 2 aliphatic rings. The topological polar surface area (TPSA) is 60.9 Å². The van der Waals surface area contributed by atoms with E-state index in [9.17, 15) is 14.4 Å². The van der Waals surface area contributed by atoms with Crippen molar-refractivity contribution in [1.82, 2.24) is 14.7 Å². The van der Waals surface area contributed by atoms with Crippen LogP contribution in [0.25, 0.3) is 0 Å². The number of hydrogen-bond acceptors (Lipinski definition) is 3. The van der Waals surface area contributed by atoms with Gasteiger partial charge in [0.05, 0.1) is 0 Å². The third-order valence-corrected chi connectivity index (χ3v) is 6.01. The minimum absolute atomic E-state index is 0.00443. The number of rotatable bonds is 3. The second-order valence-corrected chi connectivity index (χ2v) is 8.59. The minimum atomic E-state index is -0.00904. The van der Waals surface area contributed by atoms with E-state index in [0.717, 1.165) is 24.8 Å². The molecule has 1 aromatic carbocycles. The Balaban J connectivity index is 1.53. The molecule has 0 N–H and O–H groups in total. The van der Waals surface area contributed by atoms with Gasteiger partial charge in [-0.2, -0.15) is 0 Å². The van der Waals surface area contributed by atoms with Crippen molar-refractivity contribution < 1.29 is 14.4 Å². The predicted molar refractivity (Wildman–Crippen MR) is 112 cm³/mol. The Morgan fingerprint density at radius 1 is 0.897 bits per heavy atom. The number of likely N-dealkylation sites (tertiary alicyclic amines) is 1. The van der Waals surface area contributed by atoms with E-state index in [2.05, 4.69) is 0 Å². The van der Waals surface area contributed by atoms with Crippen LogP contribution >= 0.6 is 0 Å². The molecule has 29 heavy (non-hydrogen) atoms. The van der Waals surface area contributed by atoms with Gasteiger partial charge in [0.25, 0.3) is 5.91 Å². The van der Waals surface area contributed by atoms with Gasteiger partial charge in [-0.1, -0.05) is 31.5 Å². The van der Waals surface area contributed by atoms with Crippen LogP contribution in [0.5, 0.6) is 0 Å². The molecule has 2 saturated heterocycles. The molecule has 2 aliphatic heterocycles. The maximum absolute atomic E-state index is 13.0. The molecule has 0 unspecified atom stereocenters. The molecule has 3 amide bonds. The van der Waals surface area contributed by atoms with Gasteiger partial charge in [0.15, 0.2) is 0 Å². The number of nitrogens with zero attached hydrogens (tertiary/aromatic N) is 3. The number of aryl methyl sites for hydroxylation is 1. The molecule has 0 radical (unpaired) electrons. The summed E-state index contributed by atoms with van der Waals surface area (Å²) in [5, 5.41) is 0. The number of carbonyl (C=O) groups is 3. The molecular weight excluding hydrogens is 366 g/mol. The van der Waals surface area contributed by atoms with Crippen LogP contribution in [-0.2, 0) is 9.59 Å². The molecular formula is C23H33N3O3. The van der Waals surface area contributed by atoms with Gasteiger partial charge >= 0.3 is 0 Å². The van der Waals surface area contributed by atoms with Gasteiger partial charge in [-0.25, -0.2) is 0 Å². The Morgan fingerprint density at radius 3 is 2.21 bits per heavy atom. The second-order valence-electron chi connectivity index (χ2n) is 8.59. The quantitative estimate of drug-likeness (QED) is 0.785. The van der Waals surface area contributed by atoms with Crippen LogP contribution in [-0.4, -0.2) is 71.7 Å². The first-order valence-corrected chi connectivity index (χ1v) is 10.8. The van der Waals surface area contributed by atoms with Gasteiger partial charge in [0.1, 0.15) is 0 Å². The smallest absolute Gasteiger partial charge is 0.253 e. The van der Waals surface area contributed by atoms with E-state index in [1.54, 1.807) is 0 Å². The number of carbonyl (C=O) groups excluding carboxylic acids is 3. The Morgan fingerprint density at radius 2 is 1.55 bits per heavy atom. The Labute approximate surface area is 173 Å². The van der Waals surface area contributed by atoms with Gasteiger partial charge in [-0.15, -0.1) is 0 Å². The lowest BCUT2D eigenvalue weighted by atomic mass is 9.94. The van der Waals surface area contributed by atoms with E-state index in [1.807, 2.05) is 59.7 Å². The van der Waals surface area contributed by atoms with E-state index < -0.39 is 0 Å². The van der Waals surface area contributed by atoms with Gasteiger partial charge in [0, 0.05) is 56.7 Å². The van der Waals surface area contributed by atoms with E-state index in [1.165, 1.54) is 0 Å². The van der Waals surface area contributed by atoms with Crippen LogP contribution in [0.3, 0.4) is 0 Å². The maximum Gasteiger partial charge on any atom is 0.253 e. The third kappa shape index (κ3) is 5.17. The van der Waals surface area contributed by atoms with Crippen molar-refractivity contribution in [2.75, 3.05) is 39.3 Å². The molecule has 0 bridgehead atoms. The first-order chi connectivity index (χ1) is 13.9. The van der Waals surface area contributed by atoms with E-state index in [-0.39, 0.29) is 29.6 Å². The van der Waals surface area contributed by atoms with Gasteiger partial charge in [0.2, 0.25) is 11.8 Å². The van der Waals surface area contributed by atoms with Crippen LogP contribution in [0.4, 0.5) is 0 Å². The summed E-state index contributed by atoms with van der Waals surface area (Å²) in [6.45, 7) is 9.68. The molecule has 158 valence electrons. The van der Waals surface area contributed by atoms with Crippen LogP contribution in [0.15, 0.2) is 24.3 Å². The van der Waals surface area contributed by atoms with Crippen molar-refractivity contribution in [3.8, 4) is 0 Å². The number of piperidine rings is 1.